The molecule has 1 amide bonds. The van der Waals surface area contributed by atoms with Gasteiger partial charge in [0, 0.05) is 17.6 Å². The van der Waals surface area contributed by atoms with Crippen molar-refractivity contribution in [3.63, 3.8) is 0 Å². The van der Waals surface area contributed by atoms with Crippen molar-refractivity contribution in [3.05, 3.63) is 44.4 Å². The van der Waals surface area contributed by atoms with Crippen molar-refractivity contribution in [2.45, 2.75) is 13.5 Å². The molecular formula is C13H13BrFN3OS. The van der Waals surface area contributed by atoms with Crippen LogP contribution in [0.5, 0.6) is 0 Å². The first-order chi connectivity index (χ1) is 9.61. The highest BCUT2D eigenvalue weighted by molar-refractivity contribution is 9.11. The molecule has 2 aromatic heterocycles. The number of hydrogen-bond acceptors (Lipinski definition) is 4. The molecule has 2 rings (SSSR count). The number of pyridine rings is 1. The number of hydrogen-bond donors (Lipinski definition) is 2. The quantitative estimate of drug-likeness (QED) is 0.861. The number of anilines is 1. The Morgan fingerprint density at radius 1 is 1.45 bits per heavy atom. The van der Waals surface area contributed by atoms with Crippen LogP contribution < -0.4 is 10.6 Å². The van der Waals surface area contributed by atoms with Crippen molar-refractivity contribution in [2.75, 3.05) is 11.9 Å². The van der Waals surface area contributed by atoms with Crippen LogP contribution in [0, 0.1) is 5.82 Å². The second kappa shape index (κ2) is 6.81. The molecule has 2 heterocycles. The number of thiophene rings is 1. The summed E-state index contributed by atoms with van der Waals surface area (Å²) in [4.78, 5) is 16.8. The third-order valence-electron chi connectivity index (χ3n) is 2.53. The minimum atomic E-state index is -0.626. The molecular weight excluding hydrogens is 345 g/mol. The van der Waals surface area contributed by atoms with E-state index in [0.29, 0.717) is 13.1 Å². The van der Waals surface area contributed by atoms with E-state index < -0.39 is 11.7 Å². The van der Waals surface area contributed by atoms with Crippen molar-refractivity contribution < 1.29 is 9.18 Å². The number of nitrogens with one attached hydrogen (secondary N) is 2. The van der Waals surface area contributed by atoms with E-state index in [0.717, 1.165) is 8.66 Å². The largest absolute Gasteiger partial charge is 0.368 e. The van der Waals surface area contributed by atoms with Gasteiger partial charge in [-0.25, -0.2) is 9.37 Å². The Labute approximate surface area is 128 Å². The number of carbonyl (C=O) groups excluding carboxylic acids is 1. The summed E-state index contributed by atoms with van der Waals surface area (Å²) in [6.45, 7) is 2.74. The second-order valence-corrected chi connectivity index (χ2v) is 6.49. The molecule has 0 bridgehead atoms. The Morgan fingerprint density at radius 2 is 2.25 bits per heavy atom. The lowest BCUT2D eigenvalue weighted by Crippen LogP contribution is -2.24. The molecule has 7 heteroatoms. The smallest absolute Gasteiger partial charge is 0.254 e. The molecule has 0 saturated heterocycles. The first-order valence-electron chi connectivity index (χ1n) is 6.02. The van der Waals surface area contributed by atoms with E-state index in [9.17, 15) is 9.18 Å². The van der Waals surface area contributed by atoms with Gasteiger partial charge >= 0.3 is 0 Å². The van der Waals surface area contributed by atoms with Gasteiger partial charge in [-0.05, 0) is 41.1 Å². The highest BCUT2D eigenvalue weighted by atomic mass is 79.9. The Balaban J connectivity index is 2.07. The van der Waals surface area contributed by atoms with Crippen LogP contribution in [0.25, 0.3) is 0 Å². The number of halogens is 2. The summed E-state index contributed by atoms with van der Waals surface area (Å²) in [7, 11) is 0. The van der Waals surface area contributed by atoms with Gasteiger partial charge in [0.1, 0.15) is 0 Å². The maximum absolute atomic E-state index is 14.0. The zero-order valence-corrected chi connectivity index (χ0v) is 13.1. The fourth-order valence-electron chi connectivity index (χ4n) is 1.62. The van der Waals surface area contributed by atoms with E-state index >= 15 is 0 Å². The van der Waals surface area contributed by atoms with Crippen LogP contribution in [0.4, 0.5) is 10.2 Å². The standard InChI is InChI=1S/C13H13BrFN3OS/c1-2-16-12-11(15)9(5-6-17-12)13(19)18-7-8-3-4-10(14)20-8/h3-6H,2,7H2,1H3,(H,16,17)(H,18,19). The van der Waals surface area contributed by atoms with Crippen molar-refractivity contribution >= 4 is 39.0 Å². The Kier molecular flexibility index (Phi) is 5.08. The molecule has 0 saturated carbocycles. The van der Waals surface area contributed by atoms with Crippen LogP contribution in [0.2, 0.25) is 0 Å². The highest BCUT2D eigenvalue weighted by Gasteiger charge is 2.15. The number of amides is 1. The molecule has 0 aromatic carbocycles. The van der Waals surface area contributed by atoms with Crippen molar-refractivity contribution in [1.82, 2.24) is 10.3 Å². The number of carbonyl (C=O) groups is 1. The molecule has 0 spiro atoms. The highest BCUT2D eigenvalue weighted by Crippen LogP contribution is 2.22. The second-order valence-electron chi connectivity index (χ2n) is 3.94. The van der Waals surface area contributed by atoms with Crippen molar-refractivity contribution in [3.8, 4) is 0 Å². The normalized spacial score (nSPS) is 10.3. The van der Waals surface area contributed by atoms with Gasteiger partial charge < -0.3 is 10.6 Å². The fraction of sp³-hybridized carbons (Fsp3) is 0.231. The van der Waals surface area contributed by atoms with Gasteiger partial charge in [0.15, 0.2) is 11.6 Å². The molecule has 0 aliphatic rings. The lowest BCUT2D eigenvalue weighted by molar-refractivity contribution is 0.0947. The molecule has 2 aromatic rings. The number of nitrogens with zero attached hydrogens (tertiary/aromatic N) is 1. The third-order valence-corrected chi connectivity index (χ3v) is 4.15. The topological polar surface area (TPSA) is 54.0 Å². The van der Waals surface area contributed by atoms with Crippen LogP contribution in [0.3, 0.4) is 0 Å². The molecule has 4 nitrogen and oxygen atoms in total. The van der Waals surface area contributed by atoms with E-state index in [1.165, 1.54) is 23.6 Å². The van der Waals surface area contributed by atoms with Gasteiger partial charge in [-0.15, -0.1) is 11.3 Å². The Bertz CT molecular complexity index is 617. The lowest BCUT2D eigenvalue weighted by Gasteiger charge is -2.08. The molecule has 0 radical (unpaired) electrons. The molecule has 106 valence electrons. The predicted molar refractivity (Wildman–Crippen MR) is 81.5 cm³/mol. The van der Waals surface area contributed by atoms with Crippen LogP contribution >= 0.6 is 27.3 Å². The third kappa shape index (κ3) is 3.55. The molecule has 0 aliphatic heterocycles. The average Bonchev–Trinajstić information content (AvgIpc) is 2.84. The number of rotatable bonds is 5. The van der Waals surface area contributed by atoms with Crippen LogP contribution in [-0.2, 0) is 6.54 Å². The van der Waals surface area contributed by atoms with Crippen molar-refractivity contribution in [2.24, 2.45) is 0 Å². The van der Waals surface area contributed by atoms with E-state index in [2.05, 4.69) is 31.5 Å². The molecule has 2 N–H and O–H groups in total. The van der Waals surface area contributed by atoms with E-state index in [4.69, 9.17) is 0 Å². The van der Waals surface area contributed by atoms with Crippen LogP contribution in [-0.4, -0.2) is 17.4 Å². The molecule has 0 fully saturated rings. The van der Waals surface area contributed by atoms with Gasteiger partial charge in [-0.3, -0.25) is 4.79 Å². The summed E-state index contributed by atoms with van der Waals surface area (Å²) in [6, 6.07) is 5.18. The Morgan fingerprint density at radius 3 is 2.90 bits per heavy atom. The minimum absolute atomic E-state index is 0.00780. The first-order valence-corrected chi connectivity index (χ1v) is 7.63. The SMILES string of the molecule is CCNc1nccc(C(=O)NCc2ccc(Br)s2)c1F. The van der Waals surface area contributed by atoms with Gasteiger partial charge in [-0.1, -0.05) is 0 Å². The van der Waals surface area contributed by atoms with Gasteiger partial charge in [0.2, 0.25) is 0 Å². The number of aromatic nitrogens is 1. The molecule has 0 unspecified atom stereocenters. The summed E-state index contributed by atoms with van der Waals surface area (Å²) < 4.78 is 15.0. The summed E-state index contributed by atoms with van der Waals surface area (Å²) in [6.07, 6.45) is 1.41. The molecule has 0 aliphatic carbocycles. The summed E-state index contributed by atoms with van der Waals surface area (Å²) >= 11 is 4.88. The lowest BCUT2D eigenvalue weighted by atomic mass is 10.2. The van der Waals surface area contributed by atoms with E-state index in [-0.39, 0.29) is 11.4 Å². The monoisotopic (exact) mass is 357 g/mol. The fourth-order valence-corrected chi connectivity index (χ4v) is 3.04. The maximum atomic E-state index is 14.0. The summed E-state index contributed by atoms with van der Waals surface area (Å²) in [5.74, 6) is -0.980. The predicted octanol–water partition coefficient (Wildman–Crippen LogP) is 3.41. The van der Waals surface area contributed by atoms with Crippen LogP contribution in [0.15, 0.2) is 28.2 Å². The van der Waals surface area contributed by atoms with E-state index in [1.54, 1.807) is 0 Å². The van der Waals surface area contributed by atoms with Gasteiger partial charge in [0.25, 0.3) is 5.91 Å². The minimum Gasteiger partial charge on any atom is -0.368 e. The zero-order chi connectivity index (χ0) is 14.5. The van der Waals surface area contributed by atoms with E-state index in [1.807, 2.05) is 19.1 Å². The summed E-state index contributed by atoms with van der Waals surface area (Å²) in [5, 5.41) is 5.47. The molecule has 0 atom stereocenters. The van der Waals surface area contributed by atoms with Crippen molar-refractivity contribution in [1.29, 1.82) is 0 Å². The van der Waals surface area contributed by atoms with Gasteiger partial charge in [-0.2, -0.15) is 0 Å². The van der Waals surface area contributed by atoms with Crippen LogP contribution in [0.1, 0.15) is 22.2 Å². The zero-order valence-electron chi connectivity index (χ0n) is 10.7. The average molecular weight is 358 g/mol. The van der Waals surface area contributed by atoms with Gasteiger partial charge in [0.05, 0.1) is 15.9 Å². The summed E-state index contributed by atoms with van der Waals surface area (Å²) in [5.41, 5.74) is -0.00780. The Hall–Kier alpha value is -1.47. The first kappa shape index (κ1) is 14.9. The maximum Gasteiger partial charge on any atom is 0.254 e. The molecule has 20 heavy (non-hydrogen) atoms.